The predicted octanol–water partition coefficient (Wildman–Crippen LogP) is 1.45. The van der Waals surface area contributed by atoms with E-state index in [9.17, 15) is 4.79 Å². The van der Waals surface area contributed by atoms with E-state index in [4.69, 9.17) is 10.2 Å². The first kappa shape index (κ1) is 9.00. The molecule has 1 aromatic heterocycles. The van der Waals surface area contributed by atoms with E-state index >= 15 is 0 Å². The van der Waals surface area contributed by atoms with Crippen LogP contribution in [0.15, 0.2) is 23.0 Å². The maximum absolute atomic E-state index is 11.5. The Bertz CT molecular complexity index is 252. The van der Waals surface area contributed by atoms with Gasteiger partial charge in [-0.1, -0.05) is 13.8 Å². The van der Waals surface area contributed by atoms with Gasteiger partial charge in [0.1, 0.15) is 6.26 Å². The minimum absolute atomic E-state index is 0.0567. The minimum Gasteiger partial charge on any atom is -0.472 e. The maximum atomic E-state index is 11.5. The second-order valence-electron chi connectivity index (χ2n) is 3.15. The van der Waals surface area contributed by atoms with Crippen molar-refractivity contribution in [3.63, 3.8) is 0 Å². The third-order valence-corrected chi connectivity index (χ3v) is 1.83. The molecule has 0 aliphatic carbocycles. The van der Waals surface area contributed by atoms with Crippen molar-refractivity contribution < 1.29 is 9.21 Å². The van der Waals surface area contributed by atoms with E-state index < -0.39 is 6.04 Å². The highest BCUT2D eigenvalue weighted by Gasteiger charge is 2.19. The van der Waals surface area contributed by atoms with Crippen LogP contribution in [0.1, 0.15) is 24.2 Å². The number of Topliss-reactive ketones (excluding diaryl/α,β-unsaturated/α-hetero) is 1. The van der Waals surface area contributed by atoms with Crippen LogP contribution in [0.25, 0.3) is 0 Å². The topological polar surface area (TPSA) is 56.2 Å². The van der Waals surface area contributed by atoms with Gasteiger partial charge in [-0.25, -0.2) is 0 Å². The molecule has 0 radical (unpaired) electrons. The van der Waals surface area contributed by atoms with Gasteiger partial charge in [0.15, 0.2) is 5.78 Å². The number of nitrogens with two attached hydrogens (primary N) is 1. The summed E-state index contributed by atoms with van der Waals surface area (Å²) in [4.78, 5) is 11.5. The molecule has 0 fully saturated rings. The lowest BCUT2D eigenvalue weighted by Gasteiger charge is -2.12. The van der Waals surface area contributed by atoms with E-state index in [-0.39, 0.29) is 11.7 Å². The minimum atomic E-state index is -0.428. The summed E-state index contributed by atoms with van der Waals surface area (Å²) in [5, 5.41) is 0. The number of carbonyl (C=O) groups is 1. The Kier molecular flexibility index (Phi) is 2.65. The number of carbonyl (C=O) groups excluding carboxylic acids is 1. The zero-order valence-electron chi connectivity index (χ0n) is 7.28. The Morgan fingerprint density at radius 3 is 2.67 bits per heavy atom. The summed E-state index contributed by atoms with van der Waals surface area (Å²) in [6.45, 7) is 3.84. The number of furan rings is 1. The summed E-state index contributed by atoms with van der Waals surface area (Å²) >= 11 is 0. The second kappa shape index (κ2) is 3.54. The van der Waals surface area contributed by atoms with Crippen LogP contribution in [0, 0.1) is 5.92 Å². The highest BCUT2D eigenvalue weighted by atomic mass is 16.3. The average molecular weight is 167 g/mol. The summed E-state index contributed by atoms with van der Waals surface area (Å²) in [5.41, 5.74) is 6.21. The van der Waals surface area contributed by atoms with Gasteiger partial charge in [0.25, 0.3) is 0 Å². The van der Waals surface area contributed by atoms with Crippen LogP contribution in [-0.2, 0) is 0 Å². The molecule has 0 aromatic carbocycles. The van der Waals surface area contributed by atoms with Crippen molar-refractivity contribution >= 4 is 5.78 Å². The lowest BCUT2D eigenvalue weighted by molar-refractivity contribution is 0.0940. The van der Waals surface area contributed by atoms with Crippen LogP contribution in [0.2, 0.25) is 0 Å². The molecule has 2 N–H and O–H groups in total. The zero-order valence-corrected chi connectivity index (χ0v) is 7.28. The molecular weight excluding hydrogens is 154 g/mol. The summed E-state index contributed by atoms with van der Waals surface area (Å²) in [5.74, 6) is 0.103. The van der Waals surface area contributed by atoms with Crippen LogP contribution in [-0.4, -0.2) is 11.8 Å². The zero-order chi connectivity index (χ0) is 9.14. The fourth-order valence-corrected chi connectivity index (χ4v) is 0.900. The van der Waals surface area contributed by atoms with Gasteiger partial charge in [-0.3, -0.25) is 4.79 Å². The molecule has 0 aliphatic heterocycles. The van der Waals surface area contributed by atoms with E-state index in [1.165, 1.54) is 12.5 Å². The molecular formula is C9H13NO2. The van der Waals surface area contributed by atoms with E-state index in [2.05, 4.69) is 0 Å². The van der Waals surface area contributed by atoms with Gasteiger partial charge in [-0.05, 0) is 12.0 Å². The van der Waals surface area contributed by atoms with Crippen LogP contribution in [0.5, 0.6) is 0 Å². The lowest BCUT2D eigenvalue weighted by Crippen LogP contribution is -2.35. The molecule has 12 heavy (non-hydrogen) atoms. The monoisotopic (exact) mass is 167 g/mol. The standard InChI is InChI=1S/C9H13NO2/c1-6(2)8(10)9(11)7-3-4-12-5-7/h3-6,8H,10H2,1-2H3. The number of ketones is 1. The molecule has 1 rings (SSSR count). The highest BCUT2D eigenvalue weighted by Crippen LogP contribution is 2.08. The van der Waals surface area contributed by atoms with Gasteiger partial charge in [-0.2, -0.15) is 0 Å². The molecule has 0 amide bonds. The number of rotatable bonds is 3. The van der Waals surface area contributed by atoms with Gasteiger partial charge < -0.3 is 10.2 Å². The van der Waals surface area contributed by atoms with Crippen LogP contribution in [0.4, 0.5) is 0 Å². The number of hydrogen-bond acceptors (Lipinski definition) is 3. The molecule has 66 valence electrons. The van der Waals surface area contributed by atoms with E-state index in [0.29, 0.717) is 5.56 Å². The first-order valence-corrected chi connectivity index (χ1v) is 3.95. The summed E-state index contributed by atoms with van der Waals surface area (Å²) in [6, 6.07) is 1.20. The normalized spacial score (nSPS) is 13.3. The quantitative estimate of drug-likeness (QED) is 0.693. The van der Waals surface area contributed by atoms with Crippen molar-refractivity contribution in [3.05, 3.63) is 24.2 Å². The molecule has 0 saturated carbocycles. The lowest BCUT2D eigenvalue weighted by atomic mass is 9.98. The van der Waals surface area contributed by atoms with Gasteiger partial charge in [0.05, 0.1) is 17.9 Å². The number of hydrogen-bond donors (Lipinski definition) is 1. The molecule has 1 heterocycles. The van der Waals surface area contributed by atoms with E-state index in [1.807, 2.05) is 13.8 Å². The predicted molar refractivity (Wildman–Crippen MR) is 45.9 cm³/mol. The van der Waals surface area contributed by atoms with Gasteiger partial charge in [0, 0.05) is 0 Å². The Morgan fingerprint density at radius 1 is 1.58 bits per heavy atom. The molecule has 0 bridgehead atoms. The van der Waals surface area contributed by atoms with E-state index in [0.717, 1.165) is 0 Å². The van der Waals surface area contributed by atoms with Gasteiger partial charge >= 0.3 is 0 Å². The molecule has 0 aliphatic rings. The Labute approximate surface area is 71.6 Å². The summed E-state index contributed by atoms with van der Waals surface area (Å²) < 4.78 is 4.79. The third-order valence-electron chi connectivity index (χ3n) is 1.83. The van der Waals surface area contributed by atoms with Crippen LogP contribution < -0.4 is 5.73 Å². The average Bonchev–Trinajstić information content (AvgIpc) is 2.53. The van der Waals surface area contributed by atoms with Crippen molar-refractivity contribution in [1.82, 2.24) is 0 Å². The van der Waals surface area contributed by atoms with Crippen molar-refractivity contribution in [2.24, 2.45) is 11.7 Å². The Balaban J connectivity index is 2.72. The fourth-order valence-electron chi connectivity index (χ4n) is 0.900. The van der Waals surface area contributed by atoms with Crippen molar-refractivity contribution in [2.75, 3.05) is 0 Å². The van der Waals surface area contributed by atoms with Gasteiger partial charge in [-0.15, -0.1) is 0 Å². The Morgan fingerprint density at radius 2 is 2.25 bits per heavy atom. The van der Waals surface area contributed by atoms with Crippen LogP contribution in [0.3, 0.4) is 0 Å². The summed E-state index contributed by atoms with van der Waals surface area (Å²) in [7, 11) is 0. The molecule has 3 heteroatoms. The molecule has 1 aromatic rings. The van der Waals surface area contributed by atoms with E-state index in [1.54, 1.807) is 6.07 Å². The third kappa shape index (κ3) is 1.74. The molecule has 0 saturated heterocycles. The first-order chi connectivity index (χ1) is 5.63. The first-order valence-electron chi connectivity index (χ1n) is 3.95. The smallest absolute Gasteiger partial charge is 0.182 e. The van der Waals surface area contributed by atoms with Crippen molar-refractivity contribution in [1.29, 1.82) is 0 Å². The van der Waals surface area contributed by atoms with Crippen molar-refractivity contribution in [2.45, 2.75) is 19.9 Å². The molecule has 1 unspecified atom stereocenters. The molecule has 0 spiro atoms. The summed E-state index contributed by atoms with van der Waals surface area (Å²) in [6.07, 6.45) is 2.89. The van der Waals surface area contributed by atoms with Crippen LogP contribution >= 0.6 is 0 Å². The molecule has 3 nitrogen and oxygen atoms in total. The van der Waals surface area contributed by atoms with Gasteiger partial charge in [0.2, 0.25) is 0 Å². The highest BCUT2D eigenvalue weighted by molar-refractivity contribution is 5.99. The SMILES string of the molecule is CC(C)C(N)C(=O)c1ccoc1. The largest absolute Gasteiger partial charge is 0.472 e. The molecule has 1 atom stereocenters. The maximum Gasteiger partial charge on any atom is 0.182 e. The second-order valence-corrected chi connectivity index (χ2v) is 3.15. The Hall–Kier alpha value is -1.09. The van der Waals surface area contributed by atoms with Crippen molar-refractivity contribution in [3.8, 4) is 0 Å². The fraction of sp³-hybridized carbons (Fsp3) is 0.444.